The highest BCUT2D eigenvalue weighted by Gasteiger charge is 2.28. The number of fused-ring (bicyclic) bond motifs is 3. The van der Waals surface area contributed by atoms with Crippen molar-refractivity contribution in [1.82, 2.24) is 9.62 Å². The zero-order chi connectivity index (χ0) is 22.3. The molecule has 32 heavy (non-hydrogen) atoms. The van der Waals surface area contributed by atoms with Crippen molar-refractivity contribution in [2.45, 2.75) is 17.7 Å². The number of sulfonamides is 1. The van der Waals surface area contributed by atoms with Gasteiger partial charge in [-0.05, 0) is 24.4 Å². The van der Waals surface area contributed by atoms with E-state index in [2.05, 4.69) is 5.32 Å². The largest absolute Gasteiger partial charge is 0.450 e. The van der Waals surface area contributed by atoms with Crippen LogP contribution in [0.25, 0.3) is 21.7 Å². The van der Waals surface area contributed by atoms with Gasteiger partial charge in [-0.2, -0.15) is 4.31 Å². The monoisotopic (exact) mass is 470 g/mol. The second-order valence-corrected chi connectivity index (χ2v) is 11.0. The lowest BCUT2D eigenvalue weighted by Crippen LogP contribution is -2.40. The smallest absolute Gasteiger partial charge is 0.287 e. The third-order valence-corrected chi connectivity index (χ3v) is 9.11. The first-order chi connectivity index (χ1) is 15.4. The highest BCUT2D eigenvalue weighted by Crippen LogP contribution is 2.32. The molecule has 2 aromatic carbocycles. The van der Waals surface area contributed by atoms with E-state index in [0.29, 0.717) is 31.9 Å². The summed E-state index contributed by atoms with van der Waals surface area (Å²) in [7, 11) is -3.54. The summed E-state index contributed by atoms with van der Waals surface area (Å²) in [6.07, 6.45) is 0. The molecule has 7 nitrogen and oxygen atoms in total. The van der Waals surface area contributed by atoms with Gasteiger partial charge in [0.15, 0.2) is 5.76 Å². The van der Waals surface area contributed by atoms with Crippen LogP contribution in [-0.2, 0) is 21.3 Å². The third-order valence-electron chi connectivity index (χ3n) is 5.66. The summed E-state index contributed by atoms with van der Waals surface area (Å²) < 4.78 is 38.5. The van der Waals surface area contributed by atoms with Crippen LogP contribution in [-0.4, -0.2) is 44.9 Å². The molecule has 1 aliphatic rings. The van der Waals surface area contributed by atoms with Gasteiger partial charge >= 0.3 is 0 Å². The van der Waals surface area contributed by atoms with Crippen LogP contribution in [0, 0.1) is 6.92 Å². The van der Waals surface area contributed by atoms with Crippen molar-refractivity contribution < 1.29 is 22.4 Å². The number of nitrogens with zero attached hydrogens (tertiary/aromatic N) is 1. The summed E-state index contributed by atoms with van der Waals surface area (Å²) in [6.45, 7) is 3.60. The van der Waals surface area contributed by atoms with E-state index in [4.69, 9.17) is 9.15 Å². The number of carbonyl (C=O) groups is 1. The Morgan fingerprint density at radius 1 is 1.06 bits per heavy atom. The first kappa shape index (κ1) is 21.1. The molecule has 1 aliphatic heterocycles. The molecule has 1 saturated heterocycles. The standard InChI is InChI=1S/C23H22N2O5S2/c1-15-18-8-6-16-4-2-3-5-19(16)22(18)30-21(15)23(26)24-14-17-7-9-20(31-17)32(27,28)25-10-12-29-13-11-25/h2-9H,10-14H2,1H3,(H,24,26). The minimum Gasteiger partial charge on any atom is -0.450 e. The highest BCUT2D eigenvalue weighted by molar-refractivity contribution is 7.91. The van der Waals surface area contributed by atoms with E-state index in [-0.39, 0.29) is 22.4 Å². The van der Waals surface area contributed by atoms with E-state index in [0.717, 1.165) is 26.6 Å². The zero-order valence-electron chi connectivity index (χ0n) is 17.5. The Labute approximate surface area is 189 Å². The molecule has 5 rings (SSSR count). The molecule has 1 fully saturated rings. The molecule has 0 saturated carbocycles. The predicted octanol–water partition coefficient (Wildman–Crippen LogP) is 3.91. The van der Waals surface area contributed by atoms with Gasteiger partial charge < -0.3 is 14.5 Å². The minimum atomic E-state index is -3.54. The normalized spacial score (nSPS) is 15.4. The Kier molecular flexibility index (Phi) is 5.50. The summed E-state index contributed by atoms with van der Waals surface area (Å²) in [5, 5.41) is 5.78. The van der Waals surface area contributed by atoms with Gasteiger partial charge in [-0.15, -0.1) is 11.3 Å². The van der Waals surface area contributed by atoms with Crippen molar-refractivity contribution in [3.8, 4) is 0 Å². The molecule has 1 amide bonds. The average Bonchev–Trinajstić information content (AvgIpc) is 3.43. The number of furan rings is 1. The number of nitrogens with one attached hydrogen (secondary N) is 1. The number of thiophene rings is 1. The summed E-state index contributed by atoms with van der Waals surface area (Å²) in [5.41, 5.74) is 1.48. The SMILES string of the molecule is Cc1c(C(=O)NCc2ccc(S(=O)(=O)N3CCOCC3)s2)oc2c1ccc1ccccc12. The fraction of sp³-hybridized carbons (Fsp3) is 0.261. The maximum atomic E-state index is 12.9. The summed E-state index contributed by atoms with van der Waals surface area (Å²) in [4.78, 5) is 13.6. The molecule has 0 radical (unpaired) electrons. The lowest BCUT2D eigenvalue weighted by atomic mass is 10.1. The van der Waals surface area contributed by atoms with E-state index in [1.807, 2.05) is 43.3 Å². The molecule has 9 heteroatoms. The maximum Gasteiger partial charge on any atom is 0.287 e. The van der Waals surface area contributed by atoms with Gasteiger partial charge in [-0.1, -0.05) is 36.4 Å². The van der Waals surface area contributed by atoms with E-state index in [9.17, 15) is 13.2 Å². The zero-order valence-corrected chi connectivity index (χ0v) is 19.1. The van der Waals surface area contributed by atoms with E-state index in [1.165, 1.54) is 15.6 Å². The Balaban J connectivity index is 1.34. The molecular weight excluding hydrogens is 448 g/mol. The number of carbonyl (C=O) groups excluding carboxylic acids is 1. The molecule has 2 aromatic heterocycles. The van der Waals surface area contributed by atoms with Crippen LogP contribution in [0.4, 0.5) is 0 Å². The highest BCUT2D eigenvalue weighted by atomic mass is 32.2. The van der Waals surface area contributed by atoms with Crippen LogP contribution >= 0.6 is 11.3 Å². The summed E-state index contributed by atoms with van der Waals surface area (Å²) >= 11 is 1.17. The van der Waals surface area contributed by atoms with Crippen LogP contribution in [0.1, 0.15) is 21.0 Å². The lowest BCUT2D eigenvalue weighted by molar-refractivity contribution is 0.0731. The number of benzene rings is 2. The van der Waals surface area contributed by atoms with Gasteiger partial charge in [0, 0.05) is 34.3 Å². The number of ether oxygens (including phenoxy) is 1. The summed E-state index contributed by atoms with van der Waals surface area (Å²) in [5.74, 6) is -0.0529. The van der Waals surface area contributed by atoms with E-state index >= 15 is 0 Å². The average molecular weight is 471 g/mol. The molecule has 1 N–H and O–H groups in total. The van der Waals surface area contributed by atoms with Crippen molar-refractivity contribution >= 4 is 49.0 Å². The van der Waals surface area contributed by atoms with Gasteiger partial charge in [0.25, 0.3) is 15.9 Å². The first-order valence-corrected chi connectivity index (χ1v) is 12.6. The van der Waals surface area contributed by atoms with Crippen molar-refractivity contribution in [3.63, 3.8) is 0 Å². The van der Waals surface area contributed by atoms with Crippen LogP contribution in [0.15, 0.2) is 57.2 Å². The van der Waals surface area contributed by atoms with Crippen molar-refractivity contribution in [2.75, 3.05) is 26.3 Å². The summed E-state index contributed by atoms with van der Waals surface area (Å²) in [6, 6.07) is 15.2. The molecule has 4 aromatic rings. The number of hydrogen-bond acceptors (Lipinski definition) is 6. The molecule has 0 bridgehead atoms. The van der Waals surface area contributed by atoms with Crippen molar-refractivity contribution in [2.24, 2.45) is 0 Å². The van der Waals surface area contributed by atoms with Crippen LogP contribution in [0.5, 0.6) is 0 Å². The minimum absolute atomic E-state index is 0.222. The molecule has 0 unspecified atom stereocenters. The van der Waals surface area contributed by atoms with E-state index < -0.39 is 10.0 Å². The number of hydrogen-bond donors (Lipinski definition) is 1. The van der Waals surface area contributed by atoms with Crippen LogP contribution in [0.2, 0.25) is 0 Å². The number of amides is 1. The van der Waals surface area contributed by atoms with E-state index in [1.54, 1.807) is 12.1 Å². The quantitative estimate of drug-likeness (QED) is 0.478. The second kappa shape index (κ2) is 8.32. The van der Waals surface area contributed by atoms with Crippen molar-refractivity contribution in [1.29, 1.82) is 0 Å². The fourth-order valence-corrected chi connectivity index (χ4v) is 6.78. The van der Waals surface area contributed by atoms with Crippen molar-refractivity contribution in [3.05, 3.63) is 64.7 Å². The topological polar surface area (TPSA) is 88.9 Å². The predicted molar refractivity (Wildman–Crippen MR) is 124 cm³/mol. The van der Waals surface area contributed by atoms with Gasteiger partial charge in [0.1, 0.15) is 9.79 Å². The Morgan fingerprint density at radius 3 is 2.66 bits per heavy atom. The third kappa shape index (κ3) is 3.71. The molecule has 0 aliphatic carbocycles. The number of aryl methyl sites for hydroxylation is 1. The number of morpholine rings is 1. The first-order valence-electron chi connectivity index (χ1n) is 10.3. The van der Waals surface area contributed by atoms with Gasteiger partial charge in [-0.25, -0.2) is 8.42 Å². The molecule has 3 heterocycles. The van der Waals surface area contributed by atoms with Gasteiger partial charge in [0.2, 0.25) is 0 Å². The number of rotatable bonds is 5. The van der Waals surface area contributed by atoms with Gasteiger partial charge in [-0.3, -0.25) is 4.79 Å². The van der Waals surface area contributed by atoms with Crippen LogP contribution < -0.4 is 5.32 Å². The molecular formula is C23H22N2O5S2. The lowest BCUT2D eigenvalue weighted by Gasteiger charge is -2.25. The Hall–Kier alpha value is -2.72. The Bertz CT molecular complexity index is 1410. The molecule has 0 atom stereocenters. The van der Waals surface area contributed by atoms with Gasteiger partial charge in [0.05, 0.1) is 19.8 Å². The van der Waals surface area contributed by atoms with Crippen LogP contribution in [0.3, 0.4) is 0 Å². The fourth-order valence-electron chi connectivity index (χ4n) is 3.92. The molecule has 0 spiro atoms. The second-order valence-electron chi connectivity index (χ2n) is 7.64. The Morgan fingerprint density at radius 2 is 1.84 bits per heavy atom. The maximum absolute atomic E-state index is 12.9. The molecule has 166 valence electrons.